The highest BCUT2D eigenvalue weighted by Crippen LogP contribution is 2.37. The van der Waals surface area contributed by atoms with Crippen LogP contribution < -0.4 is 0 Å². The maximum absolute atomic E-state index is 10.5. The molecule has 0 saturated heterocycles. The van der Waals surface area contributed by atoms with Crippen LogP contribution in [0, 0.1) is 0 Å². The number of hydrogen-bond donors (Lipinski definition) is 1. The van der Waals surface area contributed by atoms with Crippen molar-refractivity contribution in [2.45, 2.75) is 18.6 Å². The summed E-state index contributed by atoms with van der Waals surface area (Å²) in [6, 6.07) is 0. The predicted molar refractivity (Wildman–Crippen MR) is 42.3 cm³/mol. The van der Waals surface area contributed by atoms with Crippen molar-refractivity contribution in [2.75, 3.05) is 5.75 Å². The van der Waals surface area contributed by atoms with Gasteiger partial charge in [0.05, 0.1) is 0 Å². The van der Waals surface area contributed by atoms with Crippen molar-refractivity contribution in [3.8, 4) is 0 Å². The molecule has 1 heterocycles. The van der Waals surface area contributed by atoms with E-state index in [0.717, 1.165) is 5.75 Å². The molecule has 1 aliphatic heterocycles. The Morgan fingerprint density at radius 2 is 2.40 bits per heavy atom. The van der Waals surface area contributed by atoms with Crippen molar-refractivity contribution < 1.29 is 9.90 Å². The number of carboxylic acids is 1. The monoisotopic (exact) mass is 158 g/mol. The molecule has 10 heavy (non-hydrogen) atoms. The normalized spacial score (nSPS) is 22.4. The number of aliphatic carboxylic acids is 1. The van der Waals surface area contributed by atoms with Gasteiger partial charge in [-0.2, -0.15) is 0 Å². The molecule has 56 valence electrons. The van der Waals surface area contributed by atoms with E-state index in [-0.39, 0.29) is 4.75 Å². The summed E-state index contributed by atoms with van der Waals surface area (Å²) in [7, 11) is 0. The molecule has 0 fully saturated rings. The van der Waals surface area contributed by atoms with Crippen LogP contribution in [0.1, 0.15) is 13.8 Å². The number of carboxylic acid groups (broad SMARTS) is 1. The topological polar surface area (TPSA) is 37.3 Å². The molecule has 0 saturated carbocycles. The zero-order valence-corrected chi connectivity index (χ0v) is 6.86. The molecule has 0 spiro atoms. The SMILES string of the molecule is CC1(C)SCC=C1C(=O)O. The van der Waals surface area contributed by atoms with Gasteiger partial charge in [-0.15, -0.1) is 11.8 Å². The molecule has 0 radical (unpaired) electrons. The van der Waals surface area contributed by atoms with Crippen molar-refractivity contribution in [1.29, 1.82) is 0 Å². The fourth-order valence-electron chi connectivity index (χ4n) is 1.00. The van der Waals surface area contributed by atoms with Gasteiger partial charge in [-0.05, 0) is 13.8 Å². The van der Waals surface area contributed by atoms with Crippen LogP contribution in [0.2, 0.25) is 0 Å². The van der Waals surface area contributed by atoms with E-state index < -0.39 is 5.97 Å². The van der Waals surface area contributed by atoms with Crippen molar-refractivity contribution in [2.24, 2.45) is 0 Å². The first-order valence-electron chi connectivity index (χ1n) is 3.12. The molecule has 0 atom stereocenters. The Morgan fingerprint density at radius 3 is 2.60 bits per heavy atom. The van der Waals surface area contributed by atoms with E-state index in [1.165, 1.54) is 0 Å². The average molecular weight is 158 g/mol. The van der Waals surface area contributed by atoms with E-state index in [4.69, 9.17) is 5.11 Å². The zero-order valence-electron chi connectivity index (χ0n) is 6.05. The summed E-state index contributed by atoms with van der Waals surface area (Å²) < 4.78 is -0.189. The summed E-state index contributed by atoms with van der Waals surface area (Å²) in [5.74, 6) is 0.0456. The third-order valence-corrected chi connectivity index (χ3v) is 2.89. The summed E-state index contributed by atoms with van der Waals surface area (Å²) >= 11 is 1.66. The molecule has 0 aliphatic carbocycles. The molecule has 0 unspecified atom stereocenters. The Hall–Kier alpha value is -0.440. The van der Waals surface area contributed by atoms with Gasteiger partial charge in [-0.25, -0.2) is 4.79 Å². The second-order valence-electron chi connectivity index (χ2n) is 2.74. The minimum atomic E-state index is -0.782. The fraction of sp³-hybridized carbons (Fsp3) is 0.571. The summed E-state index contributed by atoms with van der Waals surface area (Å²) in [5, 5.41) is 8.67. The largest absolute Gasteiger partial charge is 0.478 e. The van der Waals surface area contributed by atoms with Crippen LogP contribution in [-0.4, -0.2) is 21.6 Å². The molecule has 0 bridgehead atoms. The van der Waals surface area contributed by atoms with Crippen LogP contribution >= 0.6 is 11.8 Å². The van der Waals surface area contributed by atoms with Gasteiger partial charge in [0.25, 0.3) is 0 Å². The smallest absolute Gasteiger partial charge is 0.332 e. The highest BCUT2D eigenvalue weighted by molar-refractivity contribution is 8.01. The van der Waals surface area contributed by atoms with Crippen LogP contribution in [0.25, 0.3) is 0 Å². The zero-order chi connectivity index (χ0) is 7.78. The van der Waals surface area contributed by atoms with Gasteiger partial charge >= 0.3 is 5.97 Å². The standard InChI is InChI=1S/C7H10O2S/c1-7(2)5(6(8)9)3-4-10-7/h3H,4H2,1-2H3,(H,8,9). The quantitative estimate of drug-likeness (QED) is 0.628. The van der Waals surface area contributed by atoms with Gasteiger partial charge in [0, 0.05) is 16.1 Å². The molecular weight excluding hydrogens is 148 g/mol. The lowest BCUT2D eigenvalue weighted by molar-refractivity contribution is -0.132. The molecule has 1 aliphatic rings. The van der Waals surface area contributed by atoms with Crippen LogP contribution in [0.5, 0.6) is 0 Å². The Bertz CT molecular complexity index is 194. The molecule has 0 aromatic heterocycles. The molecule has 0 aromatic carbocycles. The van der Waals surface area contributed by atoms with Gasteiger partial charge in [0.15, 0.2) is 0 Å². The lowest BCUT2D eigenvalue weighted by atomic mass is 10.0. The Morgan fingerprint density at radius 1 is 1.80 bits per heavy atom. The minimum Gasteiger partial charge on any atom is -0.478 e. The van der Waals surface area contributed by atoms with Crippen molar-refractivity contribution in [3.63, 3.8) is 0 Å². The van der Waals surface area contributed by atoms with E-state index in [0.29, 0.717) is 5.57 Å². The number of carbonyl (C=O) groups is 1. The van der Waals surface area contributed by atoms with Crippen molar-refractivity contribution >= 4 is 17.7 Å². The highest BCUT2D eigenvalue weighted by Gasteiger charge is 2.32. The minimum absolute atomic E-state index is 0.189. The third-order valence-electron chi connectivity index (χ3n) is 1.61. The van der Waals surface area contributed by atoms with Gasteiger partial charge in [-0.3, -0.25) is 0 Å². The van der Waals surface area contributed by atoms with Crippen LogP contribution in [0.15, 0.2) is 11.6 Å². The van der Waals surface area contributed by atoms with Crippen LogP contribution in [0.3, 0.4) is 0 Å². The van der Waals surface area contributed by atoms with Crippen molar-refractivity contribution in [1.82, 2.24) is 0 Å². The van der Waals surface area contributed by atoms with E-state index >= 15 is 0 Å². The Balaban J connectivity index is 2.85. The first-order chi connectivity index (χ1) is 4.54. The summed E-state index contributed by atoms with van der Waals surface area (Å²) in [4.78, 5) is 10.5. The van der Waals surface area contributed by atoms with E-state index in [1.54, 1.807) is 17.8 Å². The third kappa shape index (κ3) is 1.19. The van der Waals surface area contributed by atoms with Gasteiger partial charge in [0.2, 0.25) is 0 Å². The van der Waals surface area contributed by atoms with E-state index in [2.05, 4.69) is 0 Å². The maximum atomic E-state index is 10.5. The second-order valence-corrected chi connectivity index (χ2v) is 4.39. The molecule has 0 amide bonds. The molecule has 3 heteroatoms. The van der Waals surface area contributed by atoms with Gasteiger partial charge in [-0.1, -0.05) is 6.08 Å². The summed E-state index contributed by atoms with van der Waals surface area (Å²) in [6.45, 7) is 3.87. The van der Waals surface area contributed by atoms with E-state index in [1.807, 2.05) is 13.8 Å². The van der Waals surface area contributed by atoms with Crippen LogP contribution in [0.4, 0.5) is 0 Å². The Kier molecular flexibility index (Phi) is 1.77. The molecular formula is C7H10O2S. The van der Waals surface area contributed by atoms with Gasteiger partial charge in [0.1, 0.15) is 0 Å². The summed E-state index contributed by atoms with van der Waals surface area (Å²) in [6.07, 6.45) is 1.78. The van der Waals surface area contributed by atoms with Crippen LogP contribution in [-0.2, 0) is 4.79 Å². The Labute approximate surface area is 64.3 Å². The fourth-order valence-corrected chi connectivity index (χ4v) is 1.99. The lowest BCUT2D eigenvalue weighted by Gasteiger charge is -2.17. The predicted octanol–water partition coefficient (Wildman–Crippen LogP) is 1.52. The number of rotatable bonds is 1. The highest BCUT2D eigenvalue weighted by atomic mass is 32.2. The average Bonchev–Trinajstić information content (AvgIpc) is 2.08. The van der Waals surface area contributed by atoms with E-state index in [9.17, 15) is 4.79 Å². The first-order valence-corrected chi connectivity index (χ1v) is 4.10. The number of thioether (sulfide) groups is 1. The molecule has 0 aromatic rings. The molecule has 2 nitrogen and oxygen atoms in total. The van der Waals surface area contributed by atoms with Crippen molar-refractivity contribution in [3.05, 3.63) is 11.6 Å². The van der Waals surface area contributed by atoms with Gasteiger partial charge < -0.3 is 5.11 Å². The summed E-state index contributed by atoms with van der Waals surface area (Å²) in [5.41, 5.74) is 0.539. The first kappa shape index (κ1) is 7.66. The maximum Gasteiger partial charge on any atom is 0.332 e. The number of hydrogen-bond acceptors (Lipinski definition) is 2. The second kappa shape index (κ2) is 2.31. The molecule has 1 N–H and O–H groups in total. The lowest BCUT2D eigenvalue weighted by Crippen LogP contribution is -2.20. The molecule has 1 rings (SSSR count).